The first-order valence-corrected chi connectivity index (χ1v) is 12.6. The SMILES string of the molecule is Cc1nnc(C2CCCC(CC(=O)Cn3nc(-c4cccc(Cl)c4)cc3-c3ccccc3)CC2)o1. The van der Waals surface area contributed by atoms with Crippen LogP contribution in [0.15, 0.2) is 65.1 Å². The second kappa shape index (κ2) is 10.6. The number of halogens is 1. The van der Waals surface area contributed by atoms with Gasteiger partial charge < -0.3 is 4.42 Å². The van der Waals surface area contributed by atoms with Crippen molar-refractivity contribution < 1.29 is 9.21 Å². The van der Waals surface area contributed by atoms with Crippen LogP contribution in [0.5, 0.6) is 0 Å². The molecule has 6 nitrogen and oxygen atoms in total. The Kier molecular flexibility index (Phi) is 7.09. The van der Waals surface area contributed by atoms with Crippen molar-refractivity contribution in [1.29, 1.82) is 0 Å². The molecular weight excluding hydrogens is 460 g/mol. The lowest BCUT2D eigenvalue weighted by molar-refractivity contribution is -0.120. The number of benzene rings is 2. The highest BCUT2D eigenvalue weighted by molar-refractivity contribution is 6.30. The number of hydrogen-bond acceptors (Lipinski definition) is 5. The summed E-state index contributed by atoms with van der Waals surface area (Å²) in [6.45, 7) is 2.08. The van der Waals surface area contributed by atoms with E-state index in [1.165, 1.54) is 0 Å². The Bertz CT molecular complexity index is 1300. The van der Waals surface area contributed by atoms with E-state index in [-0.39, 0.29) is 12.3 Å². The average Bonchev–Trinajstić information content (AvgIpc) is 3.40. The van der Waals surface area contributed by atoms with E-state index in [0.717, 1.165) is 60.5 Å². The summed E-state index contributed by atoms with van der Waals surface area (Å²) in [4.78, 5) is 13.2. The highest BCUT2D eigenvalue weighted by atomic mass is 35.5. The molecule has 2 heterocycles. The predicted octanol–water partition coefficient (Wildman–Crippen LogP) is 6.89. The van der Waals surface area contributed by atoms with Crippen LogP contribution < -0.4 is 0 Å². The molecule has 0 N–H and O–H groups in total. The number of rotatable bonds is 7. The first-order valence-electron chi connectivity index (χ1n) is 12.3. The zero-order valence-corrected chi connectivity index (χ0v) is 20.6. The largest absolute Gasteiger partial charge is 0.425 e. The van der Waals surface area contributed by atoms with Crippen LogP contribution in [0.1, 0.15) is 56.2 Å². The van der Waals surface area contributed by atoms with Crippen LogP contribution in [-0.4, -0.2) is 25.8 Å². The second-order valence-corrected chi connectivity index (χ2v) is 9.86. The molecule has 0 saturated heterocycles. The van der Waals surface area contributed by atoms with Gasteiger partial charge in [-0.25, -0.2) is 0 Å². The van der Waals surface area contributed by atoms with E-state index in [1.807, 2.05) is 72.3 Å². The van der Waals surface area contributed by atoms with Crippen molar-refractivity contribution in [2.45, 2.75) is 57.9 Å². The smallest absolute Gasteiger partial charge is 0.219 e. The molecule has 7 heteroatoms. The summed E-state index contributed by atoms with van der Waals surface area (Å²) in [5.41, 5.74) is 3.72. The van der Waals surface area contributed by atoms with Crippen molar-refractivity contribution in [2.24, 2.45) is 5.92 Å². The Morgan fingerprint density at radius 2 is 1.83 bits per heavy atom. The molecule has 2 atom stereocenters. The van der Waals surface area contributed by atoms with E-state index in [4.69, 9.17) is 21.1 Å². The maximum Gasteiger partial charge on any atom is 0.219 e. The predicted molar refractivity (Wildman–Crippen MR) is 136 cm³/mol. The standard InChI is InChI=1S/C28H29ClN4O2/c1-19-30-31-28(35-19)22-10-5-7-20(13-14-22)15-25(34)18-33-27(21-8-3-2-4-9-21)17-26(32-33)23-11-6-12-24(29)16-23/h2-4,6,8-9,11-12,16-17,20,22H,5,7,10,13-15,18H2,1H3. The van der Waals surface area contributed by atoms with E-state index in [1.54, 1.807) is 0 Å². The molecule has 0 spiro atoms. The first kappa shape index (κ1) is 23.5. The monoisotopic (exact) mass is 488 g/mol. The maximum absolute atomic E-state index is 13.2. The number of ketones is 1. The van der Waals surface area contributed by atoms with Crippen LogP contribution in [0, 0.1) is 12.8 Å². The van der Waals surface area contributed by atoms with Gasteiger partial charge in [-0.05, 0) is 55.4 Å². The molecule has 180 valence electrons. The number of carbonyl (C=O) groups excluding carboxylic acids is 1. The molecule has 1 aliphatic rings. The number of carbonyl (C=O) groups is 1. The van der Waals surface area contributed by atoms with Gasteiger partial charge in [0, 0.05) is 29.8 Å². The fourth-order valence-electron chi connectivity index (χ4n) is 5.03. The molecule has 5 rings (SSSR count). The summed E-state index contributed by atoms with van der Waals surface area (Å²) >= 11 is 6.21. The molecule has 0 bridgehead atoms. The van der Waals surface area contributed by atoms with Crippen LogP contribution in [0.2, 0.25) is 5.02 Å². The Balaban J connectivity index is 1.30. The summed E-state index contributed by atoms with van der Waals surface area (Å²) in [5.74, 6) is 2.24. The molecule has 2 unspecified atom stereocenters. The molecular formula is C28H29ClN4O2. The zero-order chi connectivity index (χ0) is 24.2. The van der Waals surface area contributed by atoms with Crippen molar-refractivity contribution in [3.8, 4) is 22.5 Å². The number of nitrogens with zero attached hydrogens (tertiary/aromatic N) is 4. The van der Waals surface area contributed by atoms with Gasteiger partial charge in [-0.15, -0.1) is 10.2 Å². The molecule has 2 aromatic heterocycles. The minimum atomic E-state index is 0.208. The fourth-order valence-corrected chi connectivity index (χ4v) is 5.22. The summed E-state index contributed by atoms with van der Waals surface area (Å²) in [7, 11) is 0. The Labute approximate surface area is 210 Å². The number of hydrogen-bond donors (Lipinski definition) is 0. The minimum Gasteiger partial charge on any atom is -0.425 e. The number of aryl methyl sites for hydroxylation is 1. The van der Waals surface area contributed by atoms with Crippen molar-refractivity contribution in [1.82, 2.24) is 20.0 Å². The van der Waals surface area contributed by atoms with Crippen molar-refractivity contribution >= 4 is 17.4 Å². The van der Waals surface area contributed by atoms with E-state index in [2.05, 4.69) is 10.2 Å². The molecule has 2 aromatic carbocycles. The van der Waals surface area contributed by atoms with Crippen molar-refractivity contribution in [2.75, 3.05) is 0 Å². The minimum absolute atomic E-state index is 0.208. The normalized spacial score (nSPS) is 18.3. The van der Waals surface area contributed by atoms with Gasteiger partial charge in [0.1, 0.15) is 6.54 Å². The highest BCUT2D eigenvalue weighted by Crippen LogP contribution is 2.35. The van der Waals surface area contributed by atoms with Gasteiger partial charge in [-0.3, -0.25) is 9.48 Å². The molecule has 0 amide bonds. The topological polar surface area (TPSA) is 73.8 Å². The Morgan fingerprint density at radius 1 is 1.00 bits per heavy atom. The lowest BCUT2D eigenvalue weighted by Crippen LogP contribution is -2.16. The highest BCUT2D eigenvalue weighted by Gasteiger charge is 2.25. The van der Waals surface area contributed by atoms with Gasteiger partial charge in [0.05, 0.1) is 11.4 Å². The molecule has 0 radical (unpaired) electrons. The summed E-state index contributed by atoms with van der Waals surface area (Å²) < 4.78 is 7.51. The van der Waals surface area contributed by atoms with E-state index in [0.29, 0.717) is 29.2 Å². The van der Waals surface area contributed by atoms with Crippen LogP contribution in [0.25, 0.3) is 22.5 Å². The summed E-state index contributed by atoms with van der Waals surface area (Å²) in [6.07, 6.45) is 5.70. The first-order chi connectivity index (χ1) is 17.0. The molecule has 1 saturated carbocycles. The quantitative estimate of drug-likeness (QED) is 0.265. The van der Waals surface area contributed by atoms with Crippen LogP contribution in [0.4, 0.5) is 0 Å². The van der Waals surface area contributed by atoms with Crippen LogP contribution >= 0.6 is 11.6 Å². The van der Waals surface area contributed by atoms with Gasteiger partial charge in [0.25, 0.3) is 0 Å². The van der Waals surface area contributed by atoms with Crippen molar-refractivity contribution in [3.05, 3.63) is 77.5 Å². The molecule has 1 fully saturated rings. The molecule has 35 heavy (non-hydrogen) atoms. The van der Waals surface area contributed by atoms with E-state index >= 15 is 0 Å². The third kappa shape index (κ3) is 5.70. The zero-order valence-electron chi connectivity index (χ0n) is 19.9. The average molecular weight is 489 g/mol. The Morgan fingerprint density at radius 3 is 2.60 bits per heavy atom. The lowest BCUT2D eigenvalue weighted by Gasteiger charge is -2.14. The van der Waals surface area contributed by atoms with Gasteiger partial charge in [-0.2, -0.15) is 5.10 Å². The van der Waals surface area contributed by atoms with Gasteiger partial charge in [-0.1, -0.05) is 60.5 Å². The van der Waals surface area contributed by atoms with Gasteiger partial charge in [0.15, 0.2) is 5.78 Å². The Hall–Kier alpha value is -3.25. The lowest BCUT2D eigenvalue weighted by atomic mass is 9.93. The summed E-state index contributed by atoms with van der Waals surface area (Å²) in [5, 5.41) is 13.7. The van der Waals surface area contributed by atoms with Gasteiger partial charge in [0.2, 0.25) is 11.8 Å². The van der Waals surface area contributed by atoms with Crippen LogP contribution in [0.3, 0.4) is 0 Å². The van der Waals surface area contributed by atoms with Crippen molar-refractivity contribution in [3.63, 3.8) is 0 Å². The third-order valence-electron chi connectivity index (χ3n) is 6.79. The third-order valence-corrected chi connectivity index (χ3v) is 7.03. The van der Waals surface area contributed by atoms with Crippen LogP contribution in [-0.2, 0) is 11.3 Å². The van der Waals surface area contributed by atoms with Gasteiger partial charge >= 0.3 is 0 Å². The van der Waals surface area contributed by atoms with E-state index < -0.39 is 0 Å². The molecule has 4 aromatic rings. The summed E-state index contributed by atoms with van der Waals surface area (Å²) in [6, 6.07) is 19.8. The molecule has 0 aliphatic heterocycles. The van der Waals surface area contributed by atoms with E-state index in [9.17, 15) is 4.79 Å². The molecule has 1 aliphatic carbocycles. The maximum atomic E-state index is 13.2. The number of Topliss-reactive ketones (excluding diaryl/α,β-unsaturated/α-hetero) is 1. The number of aromatic nitrogens is 4. The fraction of sp³-hybridized carbons (Fsp3) is 0.357. The second-order valence-electron chi connectivity index (χ2n) is 9.42.